The maximum Gasteiger partial charge on any atom is 0.254 e. The predicted molar refractivity (Wildman–Crippen MR) is 137 cm³/mol. The van der Waals surface area contributed by atoms with Crippen LogP contribution in [-0.2, 0) is 4.79 Å². The molecule has 0 bridgehead atoms. The number of nitrogens with one attached hydrogen (secondary N) is 1. The Hall–Kier alpha value is -4.39. The van der Waals surface area contributed by atoms with Crippen molar-refractivity contribution < 1.29 is 14.3 Å². The van der Waals surface area contributed by atoms with Gasteiger partial charge in [0.15, 0.2) is 0 Å². The molecule has 0 unspecified atom stereocenters. The normalized spacial score (nSPS) is 10.6. The molecule has 0 saturated heterocycles. The lowest BCUT2D eigenvalue weighted by Crippen LogP contribution is -2.38. The minimum Gasteiger partial charge on any atom is -0.497 e. The Morgan fingerprint density at radius 3 is 2.43 bits per heavy atom. The summed E-state index contributed by atoms with van der Waals surface area (Å²) in [5, 5.41) is 2.90. The Bertz CT molecular complexity index is 1310. The molecule has 1 N–H and O–H groups in total. The van der Waals surface area contributed by atoms with Gasteiger partial charge in [-0.25, -0.2) is 4.98 Å². The van der Waals surface area contributed by atoms with E-state index in [1.807, 2.05) is 79.2 Å². The van der Waals surface area contributed by atoms with Gasteiger partial charge in [-0.15, -0.1) is 0 Å². The Morgan fingerprint density at radius 1 is 1.00 bits per heavy atom. The summed E-state index contributed by atoms with van der Waals surface area (Å²) in [4.78, 5) is 32.2. The van der Waals surface area contributed by atoms with Crippen LogP contribution in [0.25, 0.3) is 16.9 Å². The van der Waals surface area contributed by atoms with Gasteiger partial charge >= 0.3 is 0 Å². The Balaban J connectivity index is 1.58. The lowest BCUT2D eigenvalue weighted by Gasteiger charge is -2.20. The summed E-state index contributed by atoms with van der Waals surface area (Å²) in [6, 6.07) is 24.7. The molecule has 7 heteroatoms. The SMILES string of the molecule is CCN(CC(=O)Nc1nc(-c2ccccc2)cn1-c1ccc(C)cc1)C(=O)c1cccc(OC)c1. The molecule has 0 aliphatic heterocycles. The van der Waals surface area contributed by atoms with Crippen LogP contribution in [0.1, 0.15) is 22.8 Å². The molecule has 2 amide bonds. The minimum atomic E-state index is -0.332. The van der Waals surface area contributed by atoms with Gasteiger partial charge in [0.1, 0.15) is 12.3 Å². The number of likely N-dealkylation sites (N-methyl/N-ethyl adjacent to an activating group) is 1. The average Bonchev–Trinajstić information content (AvgIpc) is 3.31. The van der Waals surface area contributed by atoms with Gasteiger partial charge < -0.3 is 9.64 Å². The summed E-state index contributed by atoms with van der Waals surface area (Å²) in [5.74, 6) is 0.405. The highest BCUT2D eigenvalue weighted by Gasteiger charge is 2.20. The summed E-state index contributed by atoms with van der Waals surface area (Å²) in [7, 11) is 1.55. The summed E-state index contributed by atoms with van der Waals surface area (Å²) < 4.78 is 7.07. The molecule has 1 heterocycles. The molecular weight excluding hydrogens is 440 g/mol. The number of imidazole rings is 1. The monoisotopic (exact) mass is 468 g/mol. The maximum absolute atomic E-state index is 13.0. The molecule has 178 valence electrons. The smallest absolute Gasteiger partial charge is 0.254 e. The number of hydrogen-bond acceptors (Lipinski definition) is 4. The number of aromatic nitrogens is 2. The standard InChI is InChI=1S/C28H28N4O3/c1-4-31(27(34)22-11-8-12-24(17-22)35-3)19-26(33)30-28-29-25(21-9-6-5-7-10-21)18-32(28)23-15-13-20(2)14-16-23/h5-18H,4,19H2,1-3H3,(H,29,30,33). The number of anilines is 1. The third-order valence-electron chi connectivity index (χ3n) is 5.66. The van der Waals surface area contributed by atoms with E-state index < -0.39 is 0 Å². The van der Waals surface area contributed by atoms with Crippen molar-refractivity contribution in [1.82, 2.24) is 14.5 Å². The van der Waals surface area contributed by atoms with Gasteiger partial charge in [0, 0.05) is 29.6 Å². The first-order valence-corrected chi connectivity index (χ1v) is 11.4. The zero-order valence-corrected chi connectivity index (χ0v) is 20.1. The van der Waals surface area contributed by atoms with Gasteiger partial charge in [-0.05, 0) is 44.2 Å². The number of methoxy groups -OCH3 is 1. The quantitative estimate of drug-likeness (QED) is 0.397. The van der Waals surface area contributed by atoms with Crippen LogP contribution in [0, 0.1) is 6.92 Å². The van der Waals surface area contributed by atoms with Gasteiger partial charge in [0.05, 0.1) is 12.8 Å². The van der Waals surface area contributed by atoms with Crippen LogP contribution in [0.2, 0.25) is 0 Å². The summed E-state index contributed by atoms with van der Waals surface area (Å²) in [6.07, 6.45) is 1.90. The van der Waals surface area contributed by atoms with Gasteiger partial charge in [-0.1, -0.05) is 54.1 Å². The fourth-order valence-electron chi connectivity index (χ4n) is 3.72. The second-order valence-corrected chi connectivity index (χ2v) is 8.12. The number of nitrogens with zero attached hydrogens (tertiary/aromatic N) is 3. The number of carbonyl (C=O) groups is 2. The predicted octanol–water partition coefficient (Wildman–Crippen LogP) is 4.96. The number of hydrogen-bond donors (Lipinski definition) is 1. The topological polar surface area (TPSA) is 76.5 Å². The first-order valence-electron chi connectivity index (χ1n) is 11.4. The molecule has 1 aromatic heterocycles. The van der Waals surface area contributed by atoms with Crippen LogP contribution in [0.3, 0.4) is 0 Å². The molecule has 0 aliphatic carbocycles. The maximum atomic E-state index is 13.0. The number of benzene rings is 3. The molecule has 4 aromatic rings. The number of aryl methyl sites for hydroxylation is 1. The first kappa shape index (κ1) is 23.8. The molecule has 35 heavy (non-hydrogen) atoms. The first-order chi connectivity index (χ1) is 17.0. The molecule has 0 saturated carbocycles. The number of rotatable bonds is 8. The van der Waals surface area contributed by atoms with Crippen molar-refractivity contribution in [2.24, 2.45) is 0 Å². The summed E-state index contributed by atoms with van der Waals surface area (Å²) in [6.45, 7) is 4.14. The molecule has 3 aromatic carbocycles. The molecule has 0 fully saturated rings. The van der Waals surface area contributed by atoms with Crippen LogP contribution in [0.5, 0.6) is 5.75 Å². The molecule has 0 spiro atoms. The average molecular weight is 469 g/mol. The van der Waals surface area contributed by atoms with E-state index >= 15 is 0 Å². The number of amides is 2. The third kappa shape index (κ3) is 5.58. The van der Waals surface area contributed by atoms with Gasteiger partial charge in [-0.2, -0.15) is 0 Å². The van der Waals surface area contributed by atoms with E-state index in [1.54, 1.807) is 31.4 Å². The van der Waals surface area contributed by atoms with Gasteiger partial charge in [0.25, 0.3) is 5.91 Å². The van der Waals surface area contributed by atoms with Crippen molar-refractivity contribution in [3.63, 3.8) is 0 Å². The molecule has 0 radical (unpaired) electrons. The minimum absolute atomic E-state index is 0.103. The fourth-order valence-corrected chi connectivity index (χ4v) is 3.72. The van der Waals surface area contributed by atoms with Crippen LogP contribution in [0.15, 0.2) is 85.1 Å². The lowest BCUT2D eigenvalue weighted by molar-refractivity contribution is -0.116. The zero-order valence-electron chi connectivity index (χ0n) is 20.1. The lowest BCUT2D eigenvalue weighted by atomic mass is 10.2. The summed E-state index contributed by atoms with van der Waals surface area (Å²) >= 11 is 0. The van der Waals surface area contributed by atoms with Crippen molar-refractivity contribution in [3.8, 4) is 22.7 Å². The van der Waals surface area contributed by atoms with Crippen molar-refractivity contribution in [1.29, 1.82) is 0 Å². The second-order valence-electron chi connectivity index (χ2n) is 8.12. The van der Waals surface area contributed by atoms with E-state index in [-0.39, 0.29) is 18.4 Å². The molecule has 4 rings (SSSR count). The van der Waals surface area contributed by atoms with E-state index in [0.717, 1.165) is 22.5 Å². The number of ether oxygens (including phenoxy) is 1. The summed E-state index contributed by atoms with van der Waals surface area (Å²) in [5.41, 5.74) is 4.16. The van der Waals surface area contributed by atoms with E-state index in [4.69, 9.17) is 4.74 Å². The van der Waals surface area contributed by atoms with Crippen molar-refractivity contribution in [3.05, 3.63) is 96.2 Å². The Kier molecular flexibility index (Phi) is 7.26. The highest BCUT2D eigenvalue weighted by molar-refractivity contribution is 5.99. The Labute approximate surface area is 205 Å². The third-order valence-corrected chi connectivity index (χ3v) is 5.66. The van der Waals surface area contributed by atoms with E-state index in [9.17, 15) is 9.59 Å². The molecule has 0 aliphatic rings. The van der Waals surface area contributed by atoms with Gasteiger partial charge in [-0.3, -0.25) is 19.5 Å². The van der Waals surface area contributed by atoms with Crippen LogP contribution >= 0.6 is 0 Å². The van der Waals surface area contributed by atoms with Crippen molar-refractivity contribution >= 4 is 17.8 Å². The zero-order chi connectivity index (χ0) is 24.8. The van der Waals surface area contributed by atoms with Crippen LogP contribution in [0.4, 0.5) is 5.95 Å². The highest BCUT2D eigenvalue weighted by atomic mass is 16.5. The second kappa shape index (κ2) is 10.7. The highest BCUT2D eigenvalue weighted by Crippen LogP contribution is 2.24. The van der Waals surface area contributed by atoms with E-state index in [1.165, 1.54) is 4.90 Å². The van der Waals surface area contributed by atoms with Crippen LogP contribution < -0.4 is 10.1 Å². The number of carbonyl (C=O) groups excluding carboxylic acids is 2. The fraction of sp³-hybridized carbons (Fsp3) is 0.179. The molecule has 0 atom stereocenters. The molecular formula is C28H28N4O3. The largest absolute Gasteiger partial charge is 0.497 e. The van der Waals surface area contributed by atoms with Crippen LogP contribution in [-0.4, -0.2) is 46.5 Å². The molecule has 7 nitrogen and oxygen atoms in total. The Morgan fingerprint density at radius 2 is 1.74 bits per heavy atom. The van der Waals surface area contributed by atoms with E-state index in [2.05, 4.69) is 10.3 Å². The van der Waals surface area contributed by atoms with Crippen molar-refractivity contribution in [2.75, 3.05) is 25.5 Å². The van der Waals surface area contributed by atoms with Gasteiger partial charge in [0.2, 0.25) is 11.9 Å². The van der Waals surface area contributed by atoms with Crippen molar-refractivity contribution in [2.45, 2.75) is 13.8 Å². The van der Waals surface area contributed by atoms with E-state index in [0.29, 0.717) is 23.8 Å².